The van der Waals surface area contributed by atoms with E-state index in [1.54, 1.807) is 23.3 Å². The summed E-state index contributed by atoms with van der Waals surface area (Å²) >= 11 is 0. The fraction of sp³-hybridized carbons (Fsp3) is 0.263. The minimum absolute atomic E-state index is 0.205. The minimum Gasteiger partial charge on any atom is -0.356 e. The van der Waals surface area contributed by atoms with Crippen LogP contribution in [0.15, 0.2) is 49.3 Å². The summed E-state index contributed by atoms with van der Waals surface area (Å²) in [7, 11) is 0. The van der Waals surface area contributed by atoms with Gasteiger partial charge in [-0.2, -0.15) is 4.39 Å². The average molecular weight is 411 g/mol. The third kappa shape index (κ3) is 4.09. The molecule has 154 valence electrons. The number of hydrogen-bond donors (Lipinski definition) is 1. The van der Waals surface area contributed by atoms with Gasteiger partial charge >= 0.3 is 5.69 Å². The van der Waals surface area contributed by atoms with Crippen molar-refractivity contribution < 1.29 is 14.1 Å². The van der Waals surface area contributed by atoms with Crippen molar-refractivity contribution in [3.63, 3.8) is 0 Å². The van der Waals surface area contributed by atoms with Crippen LogP contribution in [0, 0.1) is 21.8 Å². The normalized spacial score (nSPS) is 14.5. The molecule has 0 unspecified atom stereocenters. The van der Waals surface area contributed by atoms with Crippen LogP contribution in [-0.2, 0) is 4.79 Å². The Hall–Kier alpha value is -3.89. The van der Waals surface area contributed by atoms with E-state index in [9.17, 15) is 19.3 Å². The van der Waals surface area contributed by atoms with E-state index in [2.05, 4.69) is 25.2 Å². The number of carbonyl (C=O) groups is 1. The molecule has 1 saturated heterocycles. The van der Waals surface area contributed by atoms with Gasteiger partial charge in [0.1, 0.15) is 24.3 Å². The summed E-state index contributed by atoms with van der Waals surface area (Å²) in [5, 5.41) is 13.5. The number of hydrogen-bond acceptors (Lipinski definition) is 7. The largest absolute Gasteiger partial charge is 0.356 e. The molecule has 0 bridgehead atoms. The zero-order valence-electron chi connectivity index (χ0n) is 15.8. The van der Waals surface area contributed by atoms with Gasteiger partial charge in [-0.05, 0) is 25.0 Å². The Labute approximate surface area is 170 Å². The predicted octanol–water partition coefficient (Wildman–Crippen LogP) is 2.56. The highest BCUT2D eigenvalue weighted by Gasteiger charge is 2.26. The van der Waals surface area contributed by atoms with Gasteiger partial charge in [-0.3, -0.25) is 19.5 Å². The number of anilines is 2. The maximum atomic E-state index is 13.5. The Morgan fingerprint density at radius 1 is 1.20 bits per heavy atom. The molecule has 3 aromatic rings. The van der Waals surface area contributed by atoms with Crippen LogP contribution in [0.3, 0.4) is 0 Å². The molecular weight excluding hydrogens is 393 g/mol. The molecule has 0 atom stereocenters. The summed E-state index contributed by atoms with van der Waals surface area (Å²) in [6, 6.07) is 5.18. The van der Waals surface area contributed by atoms with Crippen LogP contribution in [0.4, 0.5) is 21.6 Å². The Morgan fingerprint density at radius 2 is 1.97 bits per heavy atom. The molecule has 0 radical (unpaired) electrons. The van der Waals surface area contributed by atoms with Crippen molar-refractivity contribution in [2.24, 2.45) is 5.92 Å². The van der Waals surface area contributed by atoms with Crippen LogP contribution in [0.5, 0.6) is 0 Å². The number of nitro benzene ring substituents is 1. The Bertz CT molecular complexity index is 1070. The van der Waals surface area contributed by atoms with E-state index in [1.807, 2.05) is 6.07 Å². The number of nitrogens with one attached hydrogen (secondary N) is 1. The zero-order chi connectivity index (χ0) is 21.1. The average Bonchev–Trinajstić information content (AvgIpc) is 3.30. The highest BCUT2D eigenvalue weighted by Crippen LogP contribution is 2.26. The van der Waals surface area contributed by atoms with E-state index >= 15 is 0 Å². The van der Waals surface area contributed by atoms with Crippen LogP contribution in [-0.4, -0.2) is 43.4 Å². The van der Waals surface area contributed by atoms with Crippen molar-refractivity contribution in [1.82, 2.24) is 19.5 Å². The smallest absolute Gasteiger partial charge is 0.306 e. The maximum absolute atomic E-state index is 13.5. The first kappa shape index (κ1) is 19.4. The summed E-state index contributed by atoms with van der Waals surface area (Å²) < 4.78 is 15.2. The van der Waals surface area contributed by atoms with E-state index in [0.717, 1.165) is 18.0 Å². The number of piperidine rings is 1. The quantitative estimate of drug-likeness (QED) is 0.506. The first-order valence-corrected chi connectivity index (χ1v) is 9.31. The number of aromatic nitrogens is 4. The lowest BCUT2D eigenvalue weighted by molar-refractivity contribution is -0.387. The van der Waals surface area contributed by atoms with Crippen molar-refractivity contribution in [3.8, 4) is 5.82 Å². The molecule has 1 aliphatic rings. The molecule has 3 heterocycles. The summed E-state index contributed by atoms with van der Waals surface area (Å²) in [5.41, 5.74) is -0.462. The topological polar surface area (TPSA) is 119 Å². The predicted molar refractivity (Wildman–Crippen MR) is 106 cm³/mol. The molecule has 1 amide bonds. The second-order valence-electron chi connectivity index (χ2n) is 6.88. The molecule has 1 aromatic carbocycles. The van der Waals surface area contributed by atoms with Crippen molar-refractivity contribution in [2.45, 2.75) is 12.8 Å². The molecule has 4 rings (SSSR count). The van der Waals surface area contributed by atoms with Gasteiger partial charge in [0.25, 0.3) is 0 Å². The molecule has 0 saturated carbocycles. The molecule has 11 heteroatoms. The van der Waals surface area contributed by atoms with Crippen LogP contribution >= 0.6 is 0 Å². The van der Waals surface area contributed by atoms with Crippen molar-refractivity contribution in [2.75, 3.05) is 23.3 Å². The Balaban J connectivity index is 1.38. The van der Waals surface area contributed by atoms with Gasteiger partial charge in [0.15, 0.2) is 0 Å². The van der Waals surface area contributed by atoms with E-state index in [1.165, 1.54) is 12.4 Å². The van der Waals surface area contributed by atoms with Gasteiger partial charge in [-0.1, -0.05) is 0 Å². The number of amides is 1. The fourth-order valence-electron chi connectivity index (χ4n) is 3.39. The van der Waals surface area contributed by atoms with Crippen LogP contribution in [0.2, 0.25) is 0 Å². The number of imidazole rings is 1. The van der Waals surface area contributed by atoms with Gasteiger partial charge in [0, 0.05) is 49.2 Å². The van der Waals surface area contributed by atoms with Crippen LogP contribution in [0.1, 0.15) is 12.8 Å². The molecule has 0 aliphatic carbocycles. The molecular formula is C19H18FN7O3. The van der Waals surface area contributed by atoms with Gasteiger partial charge in [-0.15, -0.1) is 0 Å². The molecule has 1 N–H and O–H groups in total. The second-order valence-corrected chi connectivity index (χ2v) is 6.88. The molecule has 1 aliphatic heterocycles. The molecule has 0 spiro atoms. The van der Waals surface area contributed by atoms with Gasteiger partial charge in [0.05, 0.1) is 4.92 Å². The van der Waals surface area contributed by atoms with Crippen molar-refractivity contribution in [3.05, 3.63) is 65.2 Å². The number of rotatable bonds is 5. The van der Waals surface area contributed by atoms with E-state index in [4.69, 9.17) is 0 Å². The first-order valence-electron chi connectivity index (χ1n) is 9.31. The zero-order valence-corrected chi connectivity index (χ0v) is 15.8. The van der Waals surface area contributed by atoms with E-state index in [0.29, 0.717) is 31.7 Å². The van der Waals surface area contributed by atoms with E-state index < -0.39 is 16.4 Å². The Morgan fingerprint density at radius 3 is 2.67 bits per heavy atom. The van der Waals surface area contributed by atoms with Gasteiger partial charge in [0.2, 0.25) is 11.7 Å². The maximum Gasteiger partial charge on any atom is 0.306 e. The number of benzene rings is 1. The monoisotopic (exact) mass is 411 g/mol. The van der Waals surface area contributed by atoms with Crippen molar-refractivity contribution >= 4 is 23.1 Å². The minimum atomic E-state index is -0.939. The number of carbonyl (C=O) groups excluding carboxylic acids is 1. The van der Waals surface area contributed by atoms with Crippen LogP contribution in [0.25, 0.3) is 5.82 Å². The fourth-order valence-corrected chi connectivity index (χ4v) is 3.39. The van der Waals surface area contributed by atoms with E-state index in [-0.39, 0.29) is 17.5 Å². The lowest BCUT2D eigenvalue weighted by atomic mass is 9.95. The molecule has 10 nitrogen and oxygen atoms in total. The summed E-state index contributed by atoms with van der Waals surface area (Å²) in [6.07, 6.45) is 7.80. The van der Waals surface area contributed by atoms with Crippen LogP contribution < -0.4 is 10.2 Å². The summed E-state index contributed by atoms with van der Waals surface area (Å²) in [6.45, 7) is 1.25. The second kappa shape index (κ2) is 8.23. The molecule has 30 heavy (non-hydrogen) atoms. The van der Waals surface area contributed by atoms with Crippen molar-refractivity contribution in [1.29, 1.82) is 0 Å². The standard InChI is InChI=1S/C19H18FN7O3/c20-15-2-1-14(9-16(15)27(29)30)24-19(28)13-3-6-25(7-4-13)17-10-18(23-11-22-17)26-8-5-21-12-26/h1-2,5,8-13H,3-4,6-7H2,(H,24,28). The summed E-state index contributed by atoms with van der Waals surface area (Å²) in [5.74, 6) is 0.0425. The van der Waals surface area contributed by atoms with Gasteiger partial charge in [-0.25, -0.2) is 15.0 Å². The third-order valence-electron chi connectivity index (χ3n) is 5.01. The highest BCUT2D eigenvalue weighted by molar-refractivity contribution is 5.93. The third-order valence-corrected chi connectivity index (χ3v) is 5.01. The lowest BCUT2D eigenvalue weighted by Crippen LogP contribution is -2.38. The number of nitrogens with zero attached hydrogens (tertiary/aromatic N) is 6. The molecule has 1 fully saturated rings. The van der Waals surface area contributed by atoms with Gasteiger partial charge < -0.3 is 10.2 Å². The first-order chi connectivity index (χ1) is 14.5. The molecule has 2 aromatic heterocycles. The summed E-state index contributed by atoms with van der Waals surface area (Å²) in [4.78, 5) is 37.3. The SMILES string of the molecule is O=C(Nc1ccc(F)c([N+](=O)[O-])c1)C1CCN(c2cc(-n3ccnc3)ncn2)CC1. The number of halogens is 1. The Kier molecular flexibility index (Phi) is 5.33. The number of nitro groups is 1. The highest BCUT2D eigenvalue weighted by atomic mass is 19.1. The lowest BCUT2D eigenvalue weighted by Gasteiger charge is -2.32.